The largest absolute Gasteiger partial charge is 0.496 e. The van der Waals surface area contributed by atoms with Crippen LogP contribution < -0.4 is 20.3 Å². The number of para-hydroxylation sites is 3. The Morgan fingerprint density at radius 1 is 1.06 bits per heavy atom. The van der Waals surface area contributed by atoms with Gasteiger partial charge in [0.05, 0.1) is 7.11 Å². The molecule has 1 fully saturated rings. The van der Waals surface area contributed by atoms with Crippen LogP contribution in [0.2, 0.25) is 0 Å². The molecule has 4 rings (SSSR count). The Morgan fingerprint density at radius 3 is 2.55 bits per heavy atom. The number of rotatable bonds is 6. The summed E-state index contributed by atoms with van der Waals surface area (Å²) >= 11 is 0. The molecule has 2 heterocycles. The number of aromatic nitrogens is 1. The lowest BCUT2D eigenvalue weighted by molar-refractivity contribution is -0.139. The molecule has 1 saturated heterocycles. The van der Waals surface area contributed by atoms with Crippen molar-refractivity contribution in [2.45, 2.75) is 19.4 Å². The first-order chi connectivity index (χ1) is 15.1. The second-order valence-corrected chi connectivity index (χ2v) is 7.60. The van der Waals surface area contributed by atoms with Gasteiger partial charge in [0.1, 0.15) is 11.3 Å². The maximum absolute atomic E-state index is 12.2. The number of amides is 2. The summed E-state index contributed by atoms with van der Waals surface area (Å²) in [6, 6.07) is 15.7. The van der Waals surface area contributed by atoms with Crippen molar-refractivity contribution in [3.05, 3.63) is 54.1 Å². The van der Waals surface area contributed by atoms with Gasteiger partial charge in [-0.05, 0) is 37.0 Å². The van der Waals surface area contributed by atoms with E-state index in [9.17, 15) is 9.59 Å². The molecular formula is C23H26N4O4. The third kappa shape index (κ3) is 4.96. The van der Waals surface area contributed by atoms with Gasteiger partial charge in [-0.15, -0.1) is 0 Å². The minimum Gasteiger partial charge on any atom is -0.496 e. The molecule has 8 heteroatoms. The SMILES string of the molecule is COc1ccccc1CNC(=O)C(=O)NCC1CCN(c2nc3ccccc3o2)CC1. The highest BCUT2D eigenvalue weighted by Gasteiger charge is 2.24. The van der Waals surface area contributed by atoms with E-state index in [0.29, 0.717) is 24.2 Å². The van der Waals surface area contributed by atoms with Gasteiger partial charge in [-0.2, -0.15) is 4.98 Å². The van der Waals surface area contributed by atoms with Gasteiger partial charge in [-0.25, -0.2) is 0 Å². The molecule has 0 atom stereocenters. The number of benzene rings is 2. The topological polar surface area (TPSA) is 96.7 Å². The molecule has 0 saturated carbocycles. The molecule has 0 aliphatic carbocycles. The highest BCUT2D eigenvalue weighted by Crippen LogP contribution is 2.26. The van der Waals surface area contributed by atoms with Crippen molar-refractivity contribution in [3.63, 3.8) is 0 Å². The second-order valence-electron chi connectivity index (χ2n) is 7.60. The molecule has 162 valence electrons. The number of carbonyl (C=O) groups is 2. The van der Waals surface area contributed by atoms with Gasteiger partial charge in [-0.3, -0.25) is 9.59 Å². The molecule has 2 aromatic carbocycles. The number of piperidine rings is 1. The summed E-state index contributed by atoms with van der Waals surface area (Å²) < 4.78 is 11.1. The van der Waals surface area contributed by atoms with Crippen LogP contribution in [0.3, 0.4) is 0 Å². The smallest absolute Gasteiger partial charge is 0.309 e. The molecule has 1 aromatic heterocycles. The van der Waals surface area contributed by atoms with Gasteiger partial charge in [0, 0.05) is 31.7 Å². The fourth-order valence-electron chi connectivity index (χ4n) is 3.75. The van der Waals surface area contributed by atoms with Crippen molar-refractivity contribution in [1.29, 1.82) is 0 Å². The van der Waals surface area contributed by atoms with Crippen molar-refractivity contribution >= 4 is 28.9 Å². The highest BCUT2D eigenvalue weighted by molar-refractivity contribution is 6.35. The van der Waals surface area contributed by atoms with E-state index in [4.69, 9.17) is 9.15 Å². The van der Waals surface area contributed by atoms with E-state index in [2.05, 4.69) is 20.5 Å². The van der Waals surface area contributed by atoms with Crippen molar-refractivity contribution in [3.8, 4) is 5.75 Å². The molecule has 2 N–H and O–H groups in total. The molecule has 0 bridgehead atoms. The number of fused-ring (bicyclic) bond motifs is 1. The van der Waals surface area contributed by atoms with E-state index >= 15 is 0 Å². The lowest BCUT2D eigenvalue weighted by atomic mass is 9.97. The predicted octanol–water partition coefficient (Wildman–Crippen LogP) is 2.49. The highest BCUT2D eigenvalue weighted by atomic mass is 16.5. The predicted molar refractivity (Wildman–Crippen MR) is 117 cm³/mol. The summed E-state index contributed by atoms with van der Waals surface area (Å²) in [6.07, 6.45) is 1.78. The Labute approximate surface area is 180 Å². The summed E-state index contributed by atoms with van der Waals surface area (Å²) in [4.78, 5) is 30.9. The first-order valence-corrected chi connectivity index (χ1v) is 10.4. The number of hydrogen-bond acceptors (Lipinski definition) is 6. The number of nitrogens with one attached hydrogen (secondary N) is 2. The Balaban J connectivity index is 1.21. The maximum atomic E-state index is 12.2. The molecule has 0 unspecified atom stereocenters. The standard InChI is InChI=1S/C23H26N4O4/c1-30-19-8-4-2-6-17(19)15-25-22(29)21(28)24-14-16-10-12-27(13-11-16)23-26-18-7-3-5-9-20(18)31-23/h2-9,16H,10-15H2,1H3,(H,24,28)(H,25,29). The van der Waals surface area contributed by atoms with Crippen LogP contribution in [0, 0.1) is 5.92 Å². The second kappa shape index (κ2) is 9.51. The van der Waals surface area contributed by atoms with Gasteiger partial charge in [-0.1, -0.05) is 30.3 Å². The first-order valence-electron chi connectivity index (χ1n) is 10.4. The Bertz CT molecular complexity index is 1020. The first kappa shape index (κ1) is 20.7. The minimum absolute atomic E-state index is 0.235. The van der Waals surface area contributed by atoms with Crippen molar-refractivity contribution in [1.82, 2.24) is 15.6 Å². The molecule has 2 amide bonds. The monoisotopic (exact) mass is 422 g/mol. The number of methoxy groups -OCH3 is 1. The average molecular weight is 422 g/mol. The van der Waals surface area contributed by atoms with Crippen LogP contribution in [0.5, 0.6) is 5.75 Å². The summed E-state index contributed by atoms with van der Waals surface area (Å²) in [5, 5.41) is 5.40. The number of hydrogen-bond donors (Lipinski definition) is 2. The van der Waals surface area contributed by atoms with Gasteiger partial charge in [0.2, 0.25) is 0 Å². The summed E-state index contributed by atoms with van der Waals surface area (Å²) in [6.45, 7) is 2.31. The van der Waals surface area contributed by atoms with Gasteiger partial charge >= 0.3 is 11.8 Å². The Kier molecular flexibility index (Phi) is 6.35. The van der Waals surface area contributed by atoms with Crippen molar-refractivity contribution < 1.29 is 18.7 Å². The van der Waals surface area contributed by atoms with Crippen LogP contribution in [-0.2, 0) is 16.1 Å². The molecule has 0 spiro atoms. The van der Waals surface area contributed by atoms with Crippen LogP contribution in [0.1, 0.15) is 18.4 Å². The third-order valence-electron chi connectivity index (χ3n) is 5.56. The number of carbonyl (C=O) groups excluding carboxylic acids is 2. The normalized spacial score (nSPS) is 14.4. The van der Waals surface area contributed by atoms with E-state index in [0.717, 1.165) is 42.6 Å². The van der Waals surface area contributed by atoms with Crippen LogP contribution in [0.4, 0.5) is 6.01 Å². The lowest BCUT2D eigenvalue weighted by Gasteiger charge is -2.30. The van der Waals surface area contributed by atoms with E-state index in [1.165, 1.54) is 0 Å². The molecule has 8 nitrogen and oxygen atoms in total. The Morgan fingerprint density at radius 2 is 1.77 bits per heavy atom. The zero-order chi connectivity index (χ0) is 21.6. The maximum Gasteiger partial charge on any atom is 0.309 e. The van der Waals surface area contributed by atoms with Crippen LogP contribution in [0.25, 0.3) is 11.1 Å². The minimum atomic E-state index is -0.644. The van der Waals surface area contributed by atoms with E-state index in [1.807, 2.05) is 48.5 Å². The fourth-order valence-corrected chi connectivity index (χ4v) is 3.75. The summed E-state index contributed by atoms with van der Waals surface area (Å²) in [5.41, 5.74) is 2.45. The van der Waals surface area contributed by atoms with Gasteiger partial charge in [0.15, 0.2) is 5.58 Å². The molecule has 31 heavy (non-hydrogen) atoms. The van der Waals surface area contributed by atoms with Crippen molar-refractivity contribution in [2.75, 3.05) is 31.6 Å². The van der Waals surface area contributed by atoms with Crippen molar-refractivity contribution in [2.24, 2.45) is 5.92 Å². The summed E-state index contributed by atoms with van der Waals surface area (Å²) in [7, 11) is 1.57. The number of nitrogens with zero attached hydrogens (tertiary/aromatic N) is 2. The molecular weight excluding hydrogens is 396 g/mol. The third-order valence-corrected chi connectivity index (χ3v) is 5.56. The fraction of sp³-hybridized carbons (Fsp3) is 0.348. The molecule has 3 aromatic rings. The Hall–Kier alpha value is -3.55. The quantitative estimate of drug-likeness (QED) is 0.593. The zero-order valence-corrected chi connectivity index (χ0v) is 17.5. The number of ether oxygens (including phenoxy) is 1. The average Bonchev–Trinajstić information content (AvgIpc) is 3.25. The van der Waals surface area contributed by atoms with Gasteiger partial charge < -0.3 is 24.7 Å². The van der Waals surface area contributed by atoms with E-state index in [-0.39, 0.29) is 6.54 Å². The molecule has 1 aliphatic rings. The number of anilines is 1. The van der Waals surface area contributed by atoms with Crippen LogP contribution >= 0.6 is 0 Å². The van der Waals surface area contributed by atoms with Gasteiger partial charge in [0.25, 0.3) is 6.01 Å². The molecule has 0 radical (unpaired) electrons. The summed E-state index contributed by atoms with van der Waals surface area (Å²) in [5.74, 6) is -0.272. The van der Waals surface area contributed by atoms with E-state index in [1.54, 1.807) is 7.11 Å². The lowest BCUT2D eigenvalue weighted by Crippen LogP contribution is -2.43. The van der Waals surface area contributed by atoms with Crippen LogP contribution in [-0.4, -0.2) is 43.5 Å². The van der Waals surface area contributed by atoms with E-state index < -0.39 is 11.8 Å². The number of oxazole rings is 1. The molecule has 1 aliphatic heterocycles. The van der Waals surface area contributed by atoms with Crippen LogP contribution in [0.15, 0.2) is 52.9 Å². The zero-order valence-electron chi connectivity index (χ0n) is 17.5.